The van der Waals surface area contributed by atoms with Crippen LogP contribution in [-0.4, -0.2) is 66.8 Å². The van der Waals surface area contributed by atoms with E-state index < -0.39 is 5.76 Å². The standard InChI is InChI=1S/C29H29N7O4/c37-23-11-12-35(17-23)18-24(21-6-2-1-3-7-21)30-27(38)15-19-9-10-26-25(14-19)36(29(39)40-26)16-20-5-4-8-22(13-20)28-31-33-34-32-28/h1-10,13-14,23-24,37H,11-12,15-18H2,(H,30,38)(H,31,32,33,34)/t23-,24+/m0/s1. The number of β-amino-alcohol motifs (C(OH)–C–C–N with tert-alkyl or cyclic N) is 1. The van der Waals surface area contributed by atoms with Gasteiger partial charge in [0, 0.05) is 25.2 Å². The number of carbonyl (C=O) groups is 1. The molecule has 0 bridgehead atoms. The molecule has 2 aromatic heterocycles. The lowest BCUT2D eigenvalue weighted by Gasteiger charge is -2.25. The highest BCUT2D eigenvalue weighted by Gasteiger charge is 2.25. The Balaban J connectivity index is 1.20. The molecule has 2 atom stereocenters. The van der Waals surface area contributed by atoms with E-state index in [0.717, 1.165) is 35.2 Å². The van der Waals surface area contributed by atoms with Crippen molar-refractivity contribution in [2.75, 3.05) is 19.6 Å². The second-order valence-corrected chi connectivity index (χ2v) is 10.1. The number of likely N-dealkylation sites (tertiary alicyclic amines) is 1. The summed E-state index contributed by atoms with van der Waals surface area (Å²) in [4.78, 5) is 28.1. The first-order chi connectivity index (χ1) is 19.5. The molecule has 0 radical (unpaired) electrons. The van der Waals surface area contributed by atoms with Crippen molar-refractivity contribution in [3.05, 3.63) is 100 Å². The number of aliphatic hydroxyl groups is 1. The molecule has 0 aliphatic carbocycles. The molecule has 1 saturated heterocycles. The summed E-state index contributed by atoms with van der Waals surface area (Å²) in [5.74, 6) is -0.133. The van der Waals surface area contributed by atoms with E-state index in [0.29, 0.717) is 30.0 Å². The number of amides is 1. The molecule has 0 spiro atoms. The van der Waals surface area contributed by atoms with Gasteiger partial charge in [-0.15, -0.1) is 10.2 Å². The number of hydrogen-bond donors (Lipinski definition) is 3. The zero-order valence-electron chi connectivity index (χ0n) is 21.7. The molecule has 3 N–H and O–H groups in total. The molecule has 5 aromatic rings. The molecule has 0 unspecified atom stereocenters. The Morgan fingerprint density at radius 3 is 2.75 bits per heavy atom. The van der Waals surface area contributed by atoms with E-state index in [-0.39, 0.29) is 31.0 Å². The maximum absolute atomic E-state index is 13.2. The number of rotatable bonds is 9. The fourth-order valence-electron chi connectivity index (χ4n) is 5.23. The summed E-state index contributed by atoms with van der Waals surface area (Å²) in [5, 5.41) is 27.2. The van der Waals surface area contributed by atoms with E-state index in [1.807, 2.05) is 60.7 Å². The second-order valence-electron chi connectivity index (χ2n) is 10.1. The third-order valence-corrected chi connectivity index (χ3v) is 7.19. The molecular formula is C29H29N7O4. The van der Waals surface area contributed by atoms with Crippen molar-refractivity contribution in [3.63, 3.8) is 0 Å². The van der Waals surface area contributed by atoms with Crippen LogP contribution < -0.4 is 11.1 Å². The Kier molecular flexibility index (Phi) is 7.21. The number of H-pyrrole nitrogens is 1. The number of fused-ring (bicyclic) bond motifs is 1. The Bertz CT molecular complexity index is 1660. The third-order valence-electron chi connectivity index (χ3n) is 7.19. The molecule has 204 valence electrons. The van der Waals surface area contributed by atoms with Crippen molar-refractivity contribution in [1.82, 2.24) is 35.4 Å². The Labute approximate surface area is 229 Å². The number of benzene rings is 3. The quantitative estimate of drug-likeness (QED) is 0.259. The van der Waals surface area contributed by atoms with Crippen LogP contribution in [0.15, 0.2) is 82.0 Å². The first-order valence-corrected chi connectivity index (χ1v) is 13.2. The summed E-state index contributed by atoms with van der Waals surface area (Å²) < 4.78 is 7.03. The van der Waals surface area contributed by atoms with Crippen molar-refractivity contribution in [2.45, 2.75) is 31.5 Å². The fourth-order valence-corrected chi connectivity index (χ4v) is 5.23. The van der Waals surface area contributed by atoms with Gasteiger partial charge in [0.05, 0.1) is 30.6 Å². The summed E-state index contributed by atoms with van der Waals surface area (Å²) >= 11 is 0. The van der Waals surface area contributed by atoms with Gasteiger partial charge in [-0.2, -0.15) is 5.21 Å². The van der Waals surface area contributed by atoms with Gasteiger partial charge in [-0.25, -0.2) is 4.79 Å². The monoisotopic (exact) mass is 539 g/mol. The third kappa shape index (κ3) is 5.70. The molecule has 40 heavy (non-hydrogen) atoms. The molecular weight excluding hydrogens is 510 g/mol. The van der Waals surface area contributed by atoms with Crippen molar-refractivity contribution in [1.29, 1.82) is 0 Å². The van der Waals surface area contributed by atoms with Gasteiger partial charge in [-0.05, 0) is 46.5 Å². The maximum atomic E-state index is 13.2. The minimum Gasteiger partial charge on any atom is -0.408 e. The number of tetrazole rings is 1. The van der Waals surface area contributed by atoms with Crippen molar-refractivity contribution in [2.24, 2.45) is 0 Å². The number of nitrogens with zero attached hydrogens (tertiary/aromatic N) is 5. The van der Waals surface area contributed by atoms with Gasteiger partial charge in [0.2, 0.25) is 11.7 Å². The van der Waals surface area contributed by atoms with Crippen LogP contribution in [0, 0.1) is 0 Å². The lowest BCUT2D eigenvalue weighted by atomic mass is 10.1. The van der Waals surface area contributed by atoms with Gasteiger partial charge >= 0.3 is 5.76 Å². The van der Waals surface area contributed by atoms with Gasteiger partial charge in [-0.3, -0.25) is 14.3 Å². The number of oxazole rings is 1. The zero-order valence-corrected chi connectivity index (χ0v) is 21.7. The Morgan fingerprint density at radius 2 is 1.98 bits per heavy atom. The molecule has 1 fully saturated rings. The molecule has 11 nitrogen and oxygen atoms in total. The summed E-state index contributed by atoms with van der Waals surface area (Å²) in [6.07, 6.45) is 0.561. The van der Waals surface area contributed by atoms with E-state index in [2.05, 4.69) is 30.8 Å². The van der Waals surface area contributed by atoms with Gasteiger partial charge in [-0.1, -0.05) is 54.6 Å². The number of carbonyl (C=O) groups excluding carboxylic acids is 1. The number of aliphatic hydroxyl groups excluding tert-OH is 1. The number of hydrogen-bond acceptors (Lipinski definition) is 8. The van der Waals surface area contributed by atoms with E-state index in [1.165, 1.54) is 0 Å². The van der Waals surface area contributed by atoms with Crippen molar-refractivity contribution < 1.29 is 14.3 Å². The van der Waals surface area contributed by atoms with Crippen LogP contribution in [0.5, 0.6) is 0 Å². The normalized spacial score (nSPS) is 16.4. The van der Waals surface area contributed by atoms with E-state index in [4.69, 9.17) is 4.42 Å². The van der Waals surface area contributed by atoms with Gasteiger partial charge < -0.3 is 14.8 Å². The van der Waals surface area contributed by atoms with Crippen LogP contribution in [0.4, 0.5) is 0 Å². The van der Waals surface area contributed by atoms with Gasteiger partial charge in [0.15, 0.2) is 5.58 Å². The lowest BCUT2D eigenvalue weighted by molar-refractivity contribution is -0.121. The minimum absolute atomic E-state index is 0.127. The maximum Gasteiger partial charge on any atom is 0.420 e. The van der Waals surface area contributed by atoms with E-state index in [1.54, 1.807) is 16.7 Å². The van der Waals surface area contributed by atoms with Crippen molar-refractivity contribution >= 4 is 17.0 Å². The van der Waals surface area contributed by atoms with Crippen LogP contribution in [0.1, 0.15) is 29.2 Å². The van der Waals surface area contributed by atoms with Crippen LogP contribution >= 0.6 is 0 Å². The average molecular weight is 540 g/mol. The smallest absolute Gasteiger partial charge is 0.408 e. The summed E-state index contributed by atoms with van der Waals surface area (Å²) in [5.41, 5.74) is 4.50. The molecule has 1 amide bonds. The topological polar surface area (TPSA) is 142 Å². The summed E-state index contributed by atoms with van der Waals surface area (Å²) in [7, 11) is 0. The van der Waals surface area contributed by atoms with Gasteiger partial charge in [0.25, 0.3) is 0 Å². The molecule has 3 heterocycles. The first-order valence-electron chi connectivity index (χ1n) is 13.2. The van der Waals surface area contributed by atoms with Crippen molar-refractivity contribution in [3.8, 4) is 11.4 Å². The Hall–Kier alpha value is -4.61. The predicted molar refractivity (Wildman–Crippen MR) is 147 cm³/mol. The van der Waals surface area contributed by atoms with Crippen LogP contribution in [-0.2, 0) is 17.8 Å². The largest absolute Gasteiger partial charge is 0.420 e. The summed E-state index contributed by atoms with van der Waals surface area (Å²) in [6, 6.07) is 22.6. The number of nitrogens with one attached hydrogen (secondary N) is 2. The average Bonchev–Trinajstić information content (AvgIpc) is 3.71. The molecule has 0 saturated carbocycles. The lowest BCUT2D eigenvalue weighted by Crippen LogP contribution is -2.38. The van der Waals surface area contributed by atoms with Crippen LogP contribution in [0.25, 0.3) is 22.5 Å². The zero-order chi connectivity index (χ0) is 27.5. The highest BCUT2D eigenvalue weighted by molar-refractivity contribution is 5.81. The SMILES string of the molecule is O=C(Cc1ccc2oc(=O)n(Cc3cccc(-c4nn[nH]n4)c3)c2c1)N[C@H](CN1CC[C@H](O)C1)c1ccccc1. The molecule has 1 aliphatic rings. The molecule has 11 heteroatoms. The minimum atomic E-state index is -0.474. The first kappa shape index (κ1) is 25.7. The van der Waals surface area contributed by atoms with Crippen LogP contribution in [0.2, 0.25) is 0 Å². The molecule has 1 aliphatic heterocycles. The molecule has 6 rings (SSSR count). The highest BCUT2D eigenvalue weighted by atomic mass is 16.4. The Morgan fingerprint density at radius 1 is 1.10 bits per heavy atom. The van der Waals surface area contributed by atoms with E-state index in [9.17, 15) is 14.7 Å². The highest BCUT2D eigenvalue weighted by Crippen LogP contribution is 2.21. The number of aromatic nitrogens is 5. The van der Waals surface area contributed by atoms with Gasteiger partial charge in [0.1, 0.15) is 0 Å². The number of aromatic amines is 1. The van der Waals surface area contributed by atoms with E-state index >= 15 is 0 Å². The molecule has 3 aromatic carbocycles. The van der Waals surface area contributed by atoms with Crippen LogP contribution in [0.3, 0.4) is 0 Å². The summed E-state index contributed by atoms with van der Waals surface area (Å²) in [6.45, 7) is 2.31. The second kappa shape index (κ2) is 11.2. The fraction of sp³-hybridized carbons (Fsp3) is 0.276. The predicted octanol–water partition coefficient (Wildman–Crippen LogP) is 2.29.